The summed E-state index contributed by atoms with van der Waals surface area (Å²) < 4.78 is 28.9. The van der Waals surface area contributed by atoms with Crippen LogP contribution in [0.3, 0.4) is 0 Å². The molecule has 0 radical (unpaired) electrons. The van der Waals surface area contributed by atoms with Gasteiger partial charge >= 0.3 is 0 Å². The van der Waals surface area contributed by atoms with Crippen LogP contribution >= 0.6 is 27.5 Å². The second-order valence-corrected chi connectivity index (χ2v) is 10.8. The van der Waals surface area contributed by atoms with E-state index < -0.39 is 10.0 Å². The molecule has 3 aromatic carbocycles. The molecule has 0 saturated carbocycles. The van der Waals surface area contributed by atoms with Crippen LogP contribution in [0.25, 0.3) is 0 Å². The minimum atomic E-state index is -3.93. The minimum Gasteiger partial charge on any atom is -0.348 e. The van der Waals surface area contributed by atoms with E-state index in [2.05, 4.69) is 21.2 Å². The van der Waals surface area contributed by atoms with E-state index in [1.807, 2.05) is 62.4 Å². The highest BCUT2D eigenvalue weighted by Crippen LogP contribution is 2.22. The molecule has 3 rings (SSSR count). The third-order valence-corrected chi connectivity index (χ3v) is 7.66. The predicted octanol–water partition coefficient (Wildman–Crippen LogP) is 5.48. The van der Waals surface area contributed by atoms with Crippen molar-refractivity contribution in [1.29, 1.82) is 0 Å². The summed E-state index contributed by atoms with van der Waals surface area (Å²) in [6.45, 7) is 3.55. The van der Waals surface area contributed by atoms with E-state index in [1.165, 1.54) is 28.6 Å². The van der Waals surface area contributed by atoms with E-state index in [-0.39, 0.29) is 29.9 Å². The number of carbonyl (C=O) groups excluding carboxylic acids is 1. The molecule has 0 aromatic heterocycles. The lowest BCUT2D eigenvalue weighted by Gasteiger charge is -2.24. The van der Waals surface area contributed by atoms with Crippen LogP contribution in [0.1, 0.15) is 29.7 Å². The molecule has 1 atom stereocenters. The summed E-state index contributed by atoms with van der Waals surface area (Å²) in [6.07, 6.45) is 0. The Hall–Kier alpha value is -2.19. The Balaban J connectivity index is 1.85. The number of hydrogen-bond acceptors (Lipinski definition) is 3. The van der Waals surface area contributed by atoms with Gasteiger partial charge in [-0.05, 0) is 66.9 Å². The molecule has 0 unspecified atom stereocenters. The average Bonchev–Trinajstić information content (AvgIpc) is 2.75. The monoisotopic (exact) mass is 534 g/mol. The summed E-state index contributed by atoms with van der Waals surface area (Å²) in [5.41, 5.74) is 2.70. The Morgan fingerprint density at radius 3 is 2.41 bits per heavy atom. The third-order valence-electron chi connectivity index (χ3n) is 5.11. The van der Waals surface area contributed by atoms with Gasteiger partial charge < -0.3 is 5.32 Å². The van der Waals surface area contributed by atoms with Crippen LogP contribution in [0.5, 0.6) is 0 Å². The van der Waals surface area contributed by atoms with E-state index in [9.17, 15) is 13.2 Å². The van der Waals surface area contributed by atoms with Gasteiger partial charge in [-0.15, -0.1) is 0 Å². The standard InChI is InChI=1S/C24H24BrClN2O3S/c1-17-6-3-4-7-20(17)15-28(32(30,31)23-12-10-22(26)11-13-23)16-24(29)27-18(2)19-8-5-9-21(25)14-19/h3-14,18H,15-16H2,1-2H3,(H,27,29)/t18-/m0/s1. The van der Waals surface area contributed by atoms with Crippen molar-refractivity contribution in [3.05, 3.63) is 99.0 Å². The van der Waals surface area contributed by atoms with E-state index in [0.717, 1.165) is 21.2 Å². The van der Waals surface area contributed by atoms with E-state index >= 15 is 0 Å². The second kappa shape index (κ2) is 10.6. The first-order valence-corrected chi connectivity index (χ1v) is 12.6. The van der Waals surface area contributed by atoms with Crippen LogP contribution in [-0.4, -0.2) is 25.2 Å². The van der Waals surface area contributed by atoms with Crippen molar-refractivity contribution >= 4 is 43.5 Å². The molecule has 32 heavy (non-hydrogen) atoms. The molecule has 168 valence electrons. The summed E-state index contributed by atoms with van der Waals surface area (Å²) in [5.74, 6) is -0.386. The number of nitrogens with zero attached hydrogens (tertiary/aromatic N) is 1. The Labute approximate surface area is 202 Å². The van der Waals surface area contributed by atoms with E-state index in [1.54, 1.807) is 0 Å². The van der Waals surface area contributed by atoms with Crippen LogP contribution in [0.4, 0.5) is 0 Å². The maximum Gasteiger partial charge on any atom is 0.243 e. The lowest BCUT2D eigenvalue weighted by atomic mass is 10.1. The molecule has 5 nitrogen and oxygen atoms in total. The number of carbonyl (C=O) groups is 1. The summed E-state index contributed by atoms with van der Waals surface area (Å²) >= 11 is 9.36. The van der Waals surface area contributed by atoms with Gasteiger partial charge in [0.2, 0.25) is 15.9 Å². The van der Waals surface area contributed by atoms with E-state index in [4.69, 9.17) is 11.6 Å². The first-order valence-electron chi connectivity index (χ1n) is 10.0. The Bertz CT molecular complexity index is 1200. The highest BCUT2D eigenvalue weighted by Gasteiger charge is 2.28. The largest absolute Gasteiger partial charge is 0.348 e. The zero-order valence-electron chi connectivity index (χ0n) is 17.8. The summed E-state index contributed by atoms with van der Waals surface area (Å²) in [7, 11) is -3.93. The summed E-state index contributed by atoms with van der Waals surface area (Å²) in [6, 6.07) is 20.8. The molecule has 0 aliphatic rings. The number of hydrogen-bond donors (Lipinski definition) is 1. The average molecular weight is 536 g/mol. The van der Waals surface area contributed by atoms with Gasteiger partial charge in [-0.2, -0.15) is 4.31 Å². The van der Waals surface area contributed by atoms with Gasteiger partial charge in [0.1, 0.15) is 0 Å². The zero-order chi connectivity index (χ0) is 23.3. The lowest BCUT2D eigenvalue weighted by Crippen LogP contribution is -2.41. The molecule has 0 spiro atoms. The maximum absolute atomic E-state index is 13.4. The lowest BCUT2D eigenvalue weighted by molar-refractivity contribution is -0.122. The van der Waals surface area contributed by atoms with Crippen LogP contribution in [0, 0.1) is 6.92 Å². The fourth-order valence-electron chi connectivity index (χ4n) is 3.27. The number of benzene rings is 3. The first kappa shape index (κ1) is 24.5. The van der Waals surface area contributed by atoms with Crippen molar-refractivity contribution < 1.29 is 13.2 Å². The summed E-state index contributed by atoms with van der Waals surface area (Å²) in [4.78, 5) is 13.0. The smallest absolute Gasteiger partial charge is 0.243 e. The van der Waals surface area contributed by atoms with Crippen molar-refractivity contribution in [2.24, 2.45) is 0 Å². The topological polar surface area (TPSA) is 66.5 Å². The van der Waals surface area contributed by atoms with Crippen LogP contribution < -0.4 is 5.32 Å². The number of rotatable bonds is 8. The molecule has 0 heterocycles. The van der Waals surface area contributed by atoms with Gasteiger partial charge in [0, 0.05) is 16.0 Å². The van der Waals surface area contributed by atoms with Crippen molar-refractivity contribution in [2.75, 3.05) is 6.54 Å². The molecule has 3 aromatic rings. The molecule has 1 amide bonds. The predicted molar refractivity (Wildman–Crippen MR) is 131 cm³/mol. The Kier molecular flexibility index (Phi) is 8.11. The van der Waals surface area contributed by atoms with Crippen LogP contribution in [0.15, 0.2) is 82.2 Å². The quantitative estimate of drug-likeness (QED) is 0.415. The first-order chi connectivity index (χ1) is 15.2. The van der Waals surface area contributed by atoms with Gasteiger partial charge in [0.05, 0.1) is 17.5 Å². The maximum atomic E-state index is 13.4. The third kappa shape index (κ3) is 6.19. The van der Waals surface area contributed by atoms with Gasteiger partial charge in [-0.25, -0.2) is 8.42 Å². The fourth-order valence-corrected chi connectivity index (χ4v) is 5.18. The Morgan fingerprint density at radius 1 is 1.06 bits per heavy atom. The van der Waals surface area contributed by atoms with Gasteiger partial charge in [-0.3, -0.25) is 4.79 Å². The molecule has 0 bridgehead atoms. The molecular formula is C24H24BrClN2O3S. The number of nitrogens with one attached hydrogen (secondary N) is 1. The molecule has 0 aliphatic carbocycles. The fraction of sp³-hybridized carbons (Fsp3) is 0.208. The number of sulfonamides is 1. The molecule has 0 aliphatic heterocycles. The number of aryl methyl sites for hydroxylation is 1. The van der Waals surface area contributed by atoms with Gasteiger partial charge in [0.25, 0.3) is 0 Å². The highest BCUT2D eigenvalue weighted by molar-refractivity contribution is 9.10. The van der Waals surface area contributed by atoms with Gasteiger partial charge in [-0.1, -0.05) is 63.9 Å². The molecule has 0 fully saturated rings. The van der Waals surface area contributed by atoms with Crippen molar-refractivity contribution in [3.8, 4) is 0 Å². The Morgan fingerprint density at radius 2 is 1.75 bits per heavy atom. The van der Waals surface area contributed by atoms with Crippen molar-refractivity contribution in [2.45, 2.75) is 31.3 Å². The van der Waals surface area contributed by atoms with Gasteiger partial charge in [0.15, 0.2) is 0 Å². The van der Waals surface area contributed by atoms with Crippen LogP contribution in [0.2, 0.25) is 5.02 Å². The molecular weight excluding hydrogens is 512 g/mol. The second-order valence-electron chi connectivity index (χ2n) is 7.50. The van der Waals surface area contributed by atoms with Crippen molar-refractivity contribution in [3.63, 3.8) is 0 Å². The zero-order valence-corrected chi connectivity index (χ0v) is 20.9. The van der Waals surface area contributed by atoms with Crippen molar-refractivity contribution in [1.82, 2.24) is 9.62 Å². The SMILES string of the molecule is Cc1ccccc1CN(CC(=O)N[C@@H](C)c1cccc(Br)c1)S(=O)(=O)c1ccc(Cl)cc1. The molecule has 1 N–H and O–H groups in total. The molecule has 8 heteroatoms. The number of halogens is 2. The van der Waals surface area contributed by atoms with Crippen LogP contribution in [-0.2, 0) is 21.4 Å². The highest BCUT2D eigenvalue weighted by atomic mass is 79.9. The normalized spacial score (nSPS) is 12.5. The summed E-state index contributed by atoms with van der Waals surface area (Å²) in [5, 5.41) is 3.34. The minimum absolute atomic E-state index is 0.0797. The molecule has 0 saturated heterocycles. The van der Waals surface area contributed by atoms with E-state index in [0.29, 0.717) is 5.02 Å². The number of amides is 1.